The average Bonchev–Trinajstić information content (AvgIpc) is 3.64. The molecule has 2 fully saturated rings. The maximum absolute atomic E-state index is 13.8. The Kier molecular flexibility index (Phi) is 6.60. The Morgan fingerprint density at radius 3 is 2.67 bits per heavy atom. The third kappa shape index (κ3) is 4.90. The number of benzene rings is 1. The van der Waals surface area contributed by atoms with Gasteiger partial charge in [0.1, 0.15) is 6.04 Å². The lowest BCUT2D eigenvalue weighted by atomic mass is 9.98. The summed E-state index contributed by atoms with van der Waals surface area (Å²) in [5, 5.41) is 12.5. The summed E-state index contributed by atoms with van der Waals surface area (Å²) in [5.74, 6) is 3.75. The summed E-state index contributed by atoms with van der Waals surface area (Å²) in [4.78, 5) is 29.3. The first-order valence-electron chi connectivity index (χ1n) is 12.9. The molecule has 0 radical (unpaired) electrons. The minimum atomic E-state index is -0.707. The molecule has 8 nitrogen and oxygen atoms in total. The normalized spacial score (nSPS) is 23.8. The maximum atomic E-state index is 13.8. The molecule has 0 spiro atoms. The molecule has 2 amide bonds. The number of hydrogen-bond donors (Lipinski definition) is 1. The molecule has 1 saturated heterocycles. The van der Waals surface area contributed by atoms with Gasteiger partial charge in [-0.15, -0.1) is 12.3 Å². The summed E-state index contributed by atoms with van der Waals surface area (Å²) in [6.45, 7) is 5.91. The molecule has 1 saturated carbocycles. The van der Waals surface area contributed by atoms with Gasteiger partial charge in [0, 0.05) is 57.0 Å². The molecule has 2 aromatic rings. The molecule has 1 aromatic heterocycles. The molecule has 3 aliphatic rings. The van der Waals surface area contributed by atoms with Crippen molar-refractivity contribution in [3.05, 3.63) is 36.0 Å². The highest BCUT2D eigenvalue weighted by molar-refractivity contribution is 5.90. The van der Waals surface area contributed by atoms with E-state index in [9.17, 15) is 9.59 Å². The van der Waals surface area contributed by atoms with Crippen LogP contribution in [-0.4, -0.2) is 52.7 Å². The lowest BCUT2D eigenvalue weighted by molar-refractivity contribution is -0.141. The lowest BCUT2D eigenvalue weighted by Crippen LogP contribution is -2.46. The fourth-order valence-electron chi connectivity index (χ4n) is 5.63. The standard InChI is InChI=1S/C28H35N5O3/c1-5-6-11-28(30-31-28)12-9-25(34)33(15-21-22-16-36-17-23(21)22)26(27(35)29-18(2)3)20-7-8-24-19(14-20)10-13-32(24)4/h1,7-8,10,13-14,18,21-23,26H,6,9,11-12,15-17H2,2-4H3,(H,29,35). The van der Waals surface area contributed by atoms with Crippen LogP contribution in [-0.2, 0) is 21.4 Å². The molecule has 2 aliphatic heterocycles. The van der Waals surface area contributed by atoms with E-state index < -0.39 is 11.7 Å². The van der Waals surface area contributed by atoms with Crippen LogP contribution in [0.2, 0.25) is 0 Å². The van der Waals surface area contributed by atoms with Gasteiger partial charge >= 0.3 is 0 Å². The zero-order valence-electron chi connectivity index (χ0n) is 21.3. The Morgan fingerprint density at radius 2 is 2.00 bits per heavy atom. The van der Waals surface area contributed by atoms with Crippen molar-refractivity contribution in [3.8, 4) is 12.3 Å². The van der Waals surface area contributed by atoms with Crippen LogP contribution in [0.25, 0.3) is 10.9 Å². The molecular formula is C28H35N5O3. The molecule has 3 unspecified atom stereocenters. The molecule has 1 N–H and O–H groups in total. The maximum Gasteiger partial charge on any atom is 0.247 e. The fraction of sp³-hybridized carbons (Fsp3) is 0.571. The SMILES string of the molecule is C#CCCC1(CCC(=O)N(CC2C3COCC32)C(C(=O)NC(C)C)c2ccc3c(ccn3C)c2)N=N1. The van der Waals surface area contributed by atoms with Crippen molar-refractivity contribution < 1.29 is 14.3 Å². The second-order valence-electron chi connectivity index (χ2n) is 10.8. The predicted molar refractivity (Wildman–Crippen MR) is 137 cm³/mol. The molecule has 190 valence electrons. The molecule has 1 aromatic carbocycles. The average molecular weight is 490 g/mol. The van der Waals surface area contributed by atoms with Crippen molar-refractivity contribution in [1.29, 1.82) is 0 Å². The van der Waals surface area contributed by atoms with Crippen LogP contribution in [0.4, 0.5) is 0 Å². The van der Waals surface area contributed by atoms with E-state index in [1.807, 2.05) is 56.3 Å². The quantitative estimate of drug-likeness (QED) is 0.487. The van der Waals surface area contributed by atoms with E-state index in [4.69, 9.17) is 11.2 Å². The molecule has 36 heavy (non-hydrogen) atoms. The molecular weight excluding hydrogens is 454 g/mol. The number of carbonyl (C=O) groups excluding carboxylic acids is 2. The highest BCUT2D eigenvalue weighted by Gasteiger charge is 2.55. The molecule has 3 atom stereocenters. The third-order valence-corrected chi connectivity index (χ3v) is 7.87. The van der Waals surface area contributed by atoms with Crippen molar-refractivity contribution in [3.63, 3.8) is 0 Å². The number of aryl methyl sites for hydroxylation is 1. The number of aromatic nitrogens is 1. The van der Waals surface area contributed by atoms with Gasteiger partial charge in [0.15, 0.2) is 5.66 Å². The van der Waals surface area contributed by atoms with Gasteiger partial charge in [-0.2, -0.15) is 10.2 Å². The number of hydrogen-bond acceptors (Lipinski definition) is 5. The van der Waals surface area contributed by atoms with Gasteiger partial charge in [-0.25, -0.2) is 0 Å². The van der Waals surface area contributed by atoms with E-state index in [0.29, 0.717) is 43.6 Å². The van der Waals surface area contributed by atoms with Crippen LogP contribution >= 0.6 is 0 Å². The van der Waals surface area contributed by atoms with Crippen molar-refractivity contribution in [2.45, 2.75) is 57.3 Å². The van der Waals surface area contributed by atoms with Crippen LogP contribution in [0, 0.1) is 30.1 Å². The Hall–Kier alpha value is -3.18. The molecule has 1 aliphatic carbocycles. The van der Waals surface area contributed by atoms with E-state index in [1.165, 1.54) is 0 Å². The summed E-state index contributed by atoms with van der Waals surface area (Å²) in [5.41, 5.74) is 1.38. The number of carbonyl (C=O) groups is 2. The Bertz CT molecular complexity index is 1210. The minimum Gasteiger partial charge on any atom is -0.381 e. The predicted octanol–water partition coefficient (Wildman–Crippen LogP) is 3.82. The Balaban J connectivity index is 1.43. The van der Waals surface area contributed by atoms with Crippen LogP contribution < -0.4 is 5.32 Å². The van der Waals surface area contributed by atoms with Gasteiger partial charge in [-0.05, 0) is 60.7 Å². The molecule has 5 rings (SSSR count). The van der Waals surface area contributed by atoms with Crippen molar-refractivity contribution in [1.82, 2.24) is 14.8 Å². The van der Waals surface area contributed by atoms with E-state index in [0.717, 1.165) is 29.7 Å². The second kappa shape index (κ2) is 9.70. The third-order valence-electron chi connectivity index (χ3n) is 7.87. The number of rotatable bonds is 11. The Morgan fingerprint density at radius 1 is 1.25 bits per heavy atom. The first-order chi connectivity index (χ1) is 17.3. The topological polar surface area (TPSA) is 88.3 Å². The smallest absolute Gasteiger partial charge is 0.247 e. The van der Waals surface area contributed by atoms with Gasteiger partial charge in [0.25, 0.3) is 0 Å². The van der Waals surface area contributed by atoms with E-state index in [1.54, 1.807) is 0 Å². The summed E-state index contributed by atoms with van der Waals surface area (Å²) in [6, 6.07) is 7.33. The molecule has 3 heterocycles. The number of nitrogens with one attached hydrogen (secondary N) is 1. The summed E-state index contributed by atoms with van der Waals surface area (Å²) < 4.78 is 7.64. The zero-order valence-corrected chi connectivity index (χ0v) is 21.3. The van der Waals surface area contributed by atoms with Gasteiger partial charge in [-0.1, -0.05) is 6.07 Å². The van der Waals surface area contributed by atoms with Gasteiger partial charge in [-0.3, -0.25) is 9.59 Å². The van der Waals surface area contributed by atoms with E-state index >= 15 is 0 Å². The number of terminal acetylenes is 1. The van der Waals surface area contributed by atoms with Crippen molar-refractivity contribution in [2.75, 3.05) is 19.8 Å². The second-order valence-corrected chi connectivity index (χ2v) is 10.8. The Labute approximate surface area is 212 Å². The highest BCUT2D eigenvalue weighted by atomic mass is 16.5. The van der Waals surface area contributed by atoms with Crippen molar-refractivity contribution in [2.24, 2.45) is 35.0 Å². The molecule has 0 bridgehead atoms. The minimum absolute atomic E-state index is 0.0396. The van der Waals surface area contributed by atoms with Gasteiger partial charge < -0.3 is 19.5 Å². The number of nitrogens with zero attached hydrogens (tertiary/aromatic N) is 4. The highest BCUT2D eigenvalue weighted by Crippen LogP contribution is 2.51. The largest absolute Gasteiger partial charge is 0.381 e. The van der Waals surface area contributed by atoms with E-state index in [-0.39, 0.29) is 24.3 Å². The number of amides is 2. The fourth-order valence-corrected chi connectivity index (χ4v) is 5.63. The van der Waals surface area contributed by atoms with Crippen LogP contribution in [0.5, 0.6) is 0 Å². The van der Waals surface area contributed by atoms with E-state index in [2.05, 4.69) is 26.0 Å². The van der Waals surface area contributed by atoms with Crippen LogP contribution in [0.1, 0.15) is 51.1 Å². The number of ether oxygens (including phenoxy) is 1. The first kappa shape index (κ1) is 24.5. The summed E-state index contributed by atoms with van der Waals surface area (Å²) >= 11 is 0. The van der Waals surface area contributed by atoms with Crippen LogP contribution in [0.15, 0.2) is 40.7 Å². The summed E-state index contributed by atoms with van der Waals surface area (Å²) in [6.07, 6.45) is 9.45. The van der Waals surface area contributed by atoms with Gasteiger partial charge in [0.05, 0.1) is 13.2 Å². The van der Waals surface area contributed by atoms with Crippen LogP contribution in [0.3, 0.4) is 0 Å². The monoisotopic (exact) mass is 489 g/mol. The number of fused-ring (bicyclic) bond motifs is 2. The summed E-state index contributed by atoms with van der Waals surface area (Å²) in [7, 11) is 2.00. The first-order valence-corrected chi connectivity index (χ1v) is 12.9. The lowest BCUT2D eigenvalue weighted by Gasteiger charge is -2.33. The van der Waals surface area contributed by atoms with Gasteiger partial charge in [0.2, 0.25) is 11.8 Å². The van der Waals surface area contributed by atoms with Crippen molar-refractivity contribution >= 4 is 22.7 Å². The zero-order chi connectivity index (χ0) is 25.4. The molecule has 8 heteroatoms.